The summed E-state index contributed by atoms with van der Waals surface area (Å²) in [7, 11) is 0. The Bertz CT molecular complexity index is 430. The van der Waals surface area contributed by atoms with Gasteiger partial charge < -0.3 is 14.8 Å². The highest BCUT2D eigenvalue weighted by molar-refractivity contribution is 5.89. The first-order valence-electron chi connectivity index (χ1n) is 5.32. The van der Waals surface area contributed by atoms with E-state index in [1.54, 1.807) is 12.1 Å². The van der Waals surface area contributed by atoms with Crippen LogP contribution in [0.4, 0.5) is 5.69 Å². The van der Waals surface area contributed by atoms with Crippen molar-refractivity contribution in [3.63, 3.8) is 0 Å². The summed E-state index contributed by atoms with van der Waals surface area (Å²) < 4.78 is 11.4. The third-order valence-corrected chi connectivity index (χ3v) is 2.56. The molecule has 1 amide bonds. The maximum atomic E-state index is 10.9. The zero-order valence-corrected chi connectivity index (χ0v) is 9.66. The van der Waals surface area contributed by atoms with Gasteiger partial charge in [0.25, 0.3) is 0 Å². The Balaban J connectivity index is 2.24. The molecule has 1 aromatic carbocycles. The first kappa shape index (κ1) is 10.8. The SMILES string of the molecule is CC[C@]1(C)Oc2ccc(NC(C)=O)cc2O1. The van der Waals surface area contributed by atoms with Gasteiger partial charge in [0.05, 0.1) is 0 Å². The van der Waals surface area contributed by atoms with Crippen LogP contribution in [0.25, 0.3) is 0 Å². The molecule has 1 aliphatic heterocycles. The fourth-order valence-electron chi connectivity index (χ4n) is 1.58. The van der Waals surface area contributed by atoms with E-state index in [-0.39, 0.29) is 5.91 Å². The number of benzene rings is 1. The standard InChI is InChI=1S/C12H15NO3/c1-4-12(3)15-10-6-5-9(13-8(2)14)7-11(10)16-12/h5-7H,4H2,1-3H3,(H,13,14)/t12-/m1/s1. The summed E-state index contributed by atoms with van der Waals surface area (Å²) in [4.78, 5) is 10.9. The first-order chi connectivity index (χ1) is 7.52. The van der Waals surface area contributed by atoms with Gasteiger partial charge in [0.15, 0.2) is 11.5 Å². The Morgan fingerprint density at radius 3 is 2.69 bits per heavy atom. The van der Waals surface area contributed by atoms with Crippen LogP contribution in [0.1, 0.15) is 27.2 Å². The zero-order chi connectivity index (χ0) is 11.8. The lowest BCUT2D eigenvalue weighted by molar-refractivity contribution is -0.114. The monoisotopic (exact) mass is 221 g/mol. The maximum absolute atomic E-state index is 10.9. The lowest BCUT2D eigenvalue weighted by Crippen LogP contribution is -2.33. The molecule has 1 aliphatic rings. The normalized spacial score (nSPS) is 21.9. The minimum Gasteiger partial charge on any atom is -0.449 e. The number of hydrogen-bond acceptors (Lipinski definition) is 3. The van der Waals surface area contributed by atoms with Gasteiger partial charge in [0, 0.05) is 32.0 Å². The number of carbonyl (C=O) groups excluding carboxylic acids is 1. The fraction of sp³-hybridized carbons (Fsp3) is 0.417. The summed E-state index contributed by atoms with van der Waals surface area (Å²) >= 11 is 0. The molecule has 2 rings (SSSR count). The van der Waals surface area contributed by atoms with Crippen molar-refractivity contribution >= 4 is 11.6 Å². The van der Waals surface area contributed by atoms with E-state index in [0.717, 1.165) is 17.9 Å². The number of fused-ring (bicyclic) bond motifs is 1. The number of rotatable bonds is 2. The quantitative estimate of drug-likeness (QED) is 0.834. The molecule has 4 nitrogen and oxygen atoms in total. The summed E-state index contributed by atoms with van der Waals surface area (Å²) in [5, 5.41) is 2.71. The van der Waals surface area contributed by atoms with Crippen LogP contribution in [0.3, 0.4) is 0 Å². The highest BCUT2D eigenvalue weighted by Crippen LogP contribution is 2.41. The third-order valence-electron chi connectivity index (χ3n) is 2.56. The molecule has 0 bridgehead atoms. The van der Waals surface area contributed by atoms with Crippen molar-refractivity contribution in [3.8, 4) is 11.5 Å². The van der Waals surface area contributed by atoms with Gasteiger partial charge in [-0.15, -0.1) is 0 Å². The summed E-state index contributed by atoms with van der Waals surface area (Å²) in [5.74, 6) is 0.711. The first-order valence-corrected chi connectivity index (χ1v) is 5.32. The van der Waals surface area contributed by atoms with Crippen LogP contribution in [0.2, 0.25) is 0 Å². The molecule has 0 unspecified atom stereocenters. The average Bonchev–Trinajstić information content (AvgIpc) is 2.54. The molecule has 1 atom stereocenters. The molecular formula is C12H15NO3. The number of ether oxygens (including phenoxy) is 2. The second-order valence-electron chi connectivity index (χ2n) is 4.03. The van der Waals surface area contributed by atoms with Gasteiger partial charge in [-0.1, -0.05) is 6.92 Å². The molecule has 16 heavy (non-hydrogen) atoms. The van der Waals surface area contributed by atoms with Crippen molar-refractivity contribution in [2.75, 3.05) is 5.32 Å². The topological polar surface area (TPSA) is 47.6 Å². The predicted octanol–water partition coefficient (Wildman–Crippen LogP) is 2.54. The molecule has 0 spiro atoms. The largest absolute Gasteiger partial charge is 0.449 e. The van der Waals surface area contributed by atoms with E-state index in [2.05, 4.69) is 5.32 Å². The maximum Gasteiger partial charge on any atom is 0.248 e. The second-order valence-corrected chi connectivity index (χ2v) is 4.03. The number of carbonyl (C=O) groups is 1. The molecule has 1 heterocycles. The van der Waals surface area contributed by atoms with Crippen LogP contribution >= 0.6 is 0 Å². The number of anilines is 1. The number of hydrogen-bond donors (Lipinski definition) is 1. The van der Waals surface area contributed by atoms with Crippen LogP contribution in [0.15, 0.2) is 18.2 Å². The van der Waals surface area contributed by atoms with E-state index in [4.69, 9.17) is 9.47 Å². The zero-order valence-electron chi connectivity index (χ0n) is 9.66. The highest BCUT2D eigenvalue weighted by atomic mass is 16.7. The minimum absolute atomic E-state index is 0.0999. The van der Waals surface area contributed by atoms with Gasteiger partial charge in [0.2, 0.25) is 11.7 Å². The van der Waals surface area contributed by atoms with Crippen molar-refractivity contribution in [3.05, 3.63) is 18.2 Å². The number of amides is 1. The van der Waals surface area contributed by atoms with E-state index in [9.17, 15) is 4.79 Å². The summed E-state index contributed by atoms with van der Waals surface area (Å²) in [5.41, 5.74) is 0.718. The van der Waals surface area contributed by atoms with Crippen molar-refractivity contribution < 1.29 is 14.3 Å². The van der Waals surface area contributed by atoms with Crippen LogP contribution in [0.5, 0.6) is 11.5 Å². The van der Waals surface area contributed by atoms with Crippen molar-refractivity contribution in [2.24, 2.45) is 0 Å². The summed E-state index contributed by atoms with van der Waals surface area (Å²) in [6.07, 6.45) is 0.761. The van der Waals surface area contributed by atoms with Gasteiger partial charge >= 0.3 is 0 Å². The Kier molecular flexibility index (Phi) is 2.50. The Morgan fingerprint density at radius 2 is 2.06 bits per heavy atom. The smallest absolute Gasteiger partial charge is 0.248 e. The van der Waals surface area contributed by atoms with Crippen LogP contribution < -0.4 is 14.8 Å². The van der Waals surface area contributed by atoms with Crippen LogP contribution in [-0.4, -0.2) is 11.7 Å². The molecule has 4 heteroatoms. The molecule has 86 valence electrons. The molecule has 1 aromatic rings. The van der Waals surface area contributed by atoms with Gasteiger partial charge in [-0.25, -0.2) is 0 Å². The lowest BCUT2D eigenvalue weighted by Gasteiger charge is -2.20. The Hall–Kier alpha value is -1.71. The summed E-state index contributed by atoms with van der Waals surface area (Å²) in [6, 6.07) is 5.38. The average molecular weight is 221 g/mol. The Labute approximate surface area is 94.6 Å². The Morgan fingerprint density at radius 1 is 1.38 bits per heavy atom. The third kappa shape index (κ3) is 1.96. The van der Waals surface area contributed by atoms with Gasteiger partial charge in [-0.05, 0) is 12.1 Å². The minimum atomic E-state index is -0.586. The molecular weight excluding hydrogens is 206 g/mol. The number of nitrogens with one attached hydrogen (secondary N) is 1. The molecule has 0 saturated carbocycles. The van der Waals surface area contributed by atoms with Crippen LogP contribution in [0, 0.1) is 0 Å². The highest BCUT2D eigenvalue weighted by Gasteiger charge is 2.34. The summed E-state index contributed by atoms with van der Waals surface area (Å²) in [6.45, 7) is 5.37. The van der Waals surface area contributed by atoms with Crippen molar-refractivity contribution in [1.29, 1.82) is 0 Å². The van der Waals surface area contributed by atoms with Gasteiger partial charge in [-0.2, -0.15) is 0 Å². The molecule has 1 N–H and O–H groups in total. The van der Waals surface area contributed by atoms with E-state index in [1.165, 1.54) is 6.92 Å². The second kappa shape index (κ2) is 3.70. The van der Waals surface area contributed by atoms with Crippen molar-refractivity contribution in [1.82, 2.24) is 0 Å². The molecule has 0 radical (unpaired) electrons. The van der Waals surface area contributed by atoms with Crippen molar-refractivity contribution in [2.45, 2.75) is 33.0 Å². The molecule has 0 aromatic heterocycles. The van der Waals surface area contributed by atoms with E-state index in [0.29, 0.717) is 5.75 Å². The van der Waals surface area contributed by atoms with Gasteiger partial charge in [-0.3, -0.25) is 4.79 Å². The fourth-order valence-corrected chi connectivity index (χ4v) is 1.58. The molecule has 0 aliphatic carbocycles. The van der Waals surface area contributed by atoms with Gasteiger partial charge in [0.1, 0.15) is 0 Å². The predicted molar refractivity (Wildman–Crippen MR) is 60.7 cm³/mol. The van der Waals surface area contributed by atoms with Crippen LogP contribution in [-0.2, 0) is 4.79 Å². The van der Waals surface area contributed by atoms with E-state index in [1.807, 2.05) is 19.9 Å². The molecule has 0 fully saturated rings. The lowest BCUT2D eigenvalue weighted by atomic mass is 10.2. The van der Waals surface area contributed by atoms with E-state index >= 15 is 0 Å². The van der Waals surface area contributed by atoms with E-state index < -0.39 is 5.79 Å². The molecule has 0 saturated heterocycles.